The van der Waals surface area contributed by atoms with E-state index < -0.39 is 79.0 Å². The molecular weight excluding hydrogens is 945 g/mol. The molecule has 0 aromatic rings. The van der Waals surface area contributed by atoms with Crippen LogP contribution >= 0.6 is 0 Å². The zero-order valence-corrected chi connectivity index (χ0v) is 46.4. The van der Waals surface area contributed by atoms with Crippen molar-refractivity contribution in [2.24, 2.45) is 0 Å². The van der Waals surface area contributed by atoms with Gasteiger partial charge in [0, 0.05) is 38.8 Å². The summed E-state index contributed by atoms with van der Waals surface area (Å²) in [6, 6.07) is 0. The molecule has 6 bridgehead atoms. The fraction of sp³-hybridized carbons (Fsp3) is 0.949. The number of hydrogen-bond acceptors (Lipinski definition) is 14. The van der Waals surface area contributed by atoms with Gasteiger partial charge in [0.15, 0.2) is 0 Å². The second-order valence-electron chi connectivity index (χ2n) is 21.7. The molecule has 7 aliphatic carbocycles. The Kier molecular flexibility index (Phi) is 12.4. The molecule has 4 saturated heterocycles. The first-order valence-corrected chi connectivity index (χ1v) is 42.6. The number of hydrogen-bond donors (Lipinski definition) is 2. The summed E-state index contributed by atoms with van der Waals surface area (Å²) in [5, 5.41) is 0. The van der Waals surface area contributed by atoms with Crippen LogP contribution in [-0.4, -0.2) is 88.6 Å². The van der Waals surface area contributed by atoms with Gasteiger partial charge in [-0.3, -0.25) is 0 Å². The van der Waals surface area contributed by atoms with Crippen molar-refractivity contribution in [1.82, 2.24) is 0 Å². The zero-order chi connectivity index (χ0) is 42.5. The second-order valence-corrected chi connectivity index (χ2v) is 50.4. The first-order chi connectivity index (χ1) is 29.8. The number of fused-ring (bicyclic) bond motifs is 4. The van der Waals surface area contributed by atoms with Gasteiger partial charge in [-0.15, -0.1) is 6.58 Å². The van der Waals surface area contributed by atoms with Crippen LogP contribution < -0.4 is 0 Å². The Morgan fingerprint density at radius 2 is 0.581 bits per heavy atom. The molecule has 62 heavy (non-hydrogen) atoms. The summed E-state index contributed by atoms with van der Waals surface area (Å²) >= 11 is 0. The molecular formula is C39H74O14Si9. The van der Waals surface area contributed by atoms with E-state index in [0.29, 0.717) is 0 Å². The van der Waals surface area contributed by atoms with E-state index in [1.54, 1.807) is 0 Å². The Hall–Kier alpha value is 1.13. The van der Waals surface area contributed by atoms with Crippen LogP contribution in [-0.2, 0) is 49.4 Å². The van der Waals surface area contributed by atoms with Gasteiger partial charge in [0.1, 0.15) is 0 Å². The minimum absolute atomic E-state index is 0.0320. The van der Waals surface area contributed by atoms with E-state index in [1.165, 1.54) is 0 Å². The van der Waals surface area contributed by atoms with Gasteiger partial charge in [0.05, 0.1) is 0 Å². The van der Waals surface area contributed by atoms with Crippen molar-refractivity contribution in [3.63, 3.8) is 0 Å². The minimum Gasteiger partial charge on any atom is -0.412 e. The Bertz CT molecular complexity index is 1580. The summed E-state index contributed by atoms with van der Waals surface area (Å²) in [4.78, 5) is 25.5. The van der Waals surface area contributed by atoms with Crippen LogP contribution in [0.2, 0.25) is 51.9 Å². The summed E-state index contributed by atoms with van der Waals surface area (Å²) in [6.45, 7) is 8.74. The third kappa shape index (κ3) is 7.91. The molecule has 0 amide bonds. The van der Waals surface area contributed by atoms with Gasteiger partial charge >= 0.3 is 70.7 Å². The largest absolute Gasteiger partial charge is 0.659 e. The monoisotopic (exact) mass is 1020 g/mol. The zero-order valence-electron chi connectivity index (χ0n) is 37.4. The van der Waals surface area contributed by atoms with Gasteiger partial charge in [-0.05, 0) is 103 Å². The maximum Gasteiger partial charge on any atom is 0.659 e. The van der Waals surface area contributed by atoms with Gasteiger partial charge in [0.25, 0.3) is 0 Å². The smallest absolute Gasteiger partial charge is 0.412 e. The van der Waals surface area contributed by atoms with Crippen molar-refractivity contribution >= 4 is 79.0 Å². The van der Waals surface area contributed by atoms with E-state index >= 15 is 0 Å². The third-order valence-corrected chi connectivity index (χ3v) is 57.1. The summed E-state index contributed by atoms with van der Waals surface area (Å²) in [7, 11) is -37.2. The molecule has 4 heterocycles. The van der Waals surface area contributed by atoms with E-state index in [-0.39, 0.29) is 38.8 Å². The molecule has 2 N–H and O–H groups in total. The van der Waals surface area contributed by atoms with E-state index in [2.05, 4.69) is 19.7 Å². The van der Waals surface area contributed by atoms with Gasteiger partial charge < -0.3 is 59.0 Å². The van der Waals surface area contributed by atoms with Crippen LogP contribution in [0.3, 0.4) is 0 Å². The third-order valence-electron chi connectivity index (χ3n) is 17.0. The summed E-state index contributed by atoms with van der Waals surface area (Å²) in [6.07, 6.45) is 25.8. The molecule has 4 aliphatic heterocycles. The highest BCUT2D eigenvalue weighted by atomic mass is 28.6. The Morgan fingerprint density at radius 1 is 0.371 bits per heavy atom. The summed E-state index contributed by atoms with van der Waals surface area (Å²) in [5.74, 6) is 0. The predicted octanol–water partition coefficient (Wildman–Crippen LogP) is 9.77. The first-order valence-electron chi connectivity index (χ1n) is 25.3. The molecule has 0 aromatic carbocycles. The van der Waals surface area contributed by atoms with Crippen molar-refractivity contribution in [3.8, 4) is 0 Å². The normalized spacial score (nSPS) is 45.7. The van der Waals surface area contributed by atoms with Crippen LogP contribution in [0.5, 0.6) is 0 Å². The van der Waals surface area contributed by atoms with Crippen molar-refractivity contribution in [1.29, 1.82) is 0 Å². The van der Waals surface area contributed by atoms with E-state index in [4.69, 9.17) is 49.4 Å². The highest BCUT2D eigenvalue weighted by Gasteiger charge is 2.86. The fourth-order valence-electron chi connectivity index (χ4n) is 13.7. The Labute approximate surface area is 379 Å². The SMILES string of the molecule is C=C[Si](C)(C)O[Si]1(C2CCCC2)O[Si]2(C3CCCC3)O[Si]3(C4CCCC4)O[Si](O)(O)O[Si]4(C5CCCC5)O[Si](C5CCCC5)(O1)O[Si](C1CCCC1)(O2)O[Si](C1CCCC1)(O3)O4. The lowest BCUT2D eigenvalue weighted by atomic mass is 10.4. The van der Waals surface area contributed by atoms with Crippen LogP contribution in [0.25, 0.3) is 0 Å². The van der Waals surface area contributed by atoms with E-state index in [0.717, 1.165) is 180 Å². The van der Waals surface area contributed by atoms with Crippen molar-refractivity contribution in [2.45, 2.75) is 232 Å². The second kappa shape index (κ2) is 16.9. The molecule has 11 fully saturated rings. The Morgan fingerprint density at radius 3 is 0.823 bits per heavy atom. The molecule has 14 nitrogen and oxygen atoms in total. The van der Waals surface area contributed by atoms with Crippen LogP contribution in [0.1, 0.15) is 180 Å². The minimum atomic E-state index is -5.17. The average molecular weight is 1020 g/mol. The molecule has 0 spiro atoms. The molecule has 0 radical (unpaired) electrons. The molecule has 350 valence electrons. The molecule has 4 unspecified atom stereocenters. The number of rotatable bonds is 10. The lowest BCUT2D eigenvalue weighted by molar-refractivity contribution is -0.0369. The van der Waals surface area contributed by atoms with Crippen LogP contribution in [0.4, 0.5) is 0 Å². The summed E-state index contributed by atoms with van der Waals surface area (Å²) in [5.41, 5.74) is 1.09. The van der Waals surface area contributed by atoms with Crippen molar-refractivity contribution < 1.29 is 59.0 Å². The van der Waals surface area contributed by atoms with E-state index in [1.807, 2.05) is 5.70 Å². The van der Waals surface area contributed by atoms with Crippen LogP contribution in [0.15, 0.2) is 12.3 Å². The first kappa shape index (κ1) is 45.6. The van der Waals surface area contributed by atoms with E-state index in [9.17, 15) is 9.59 Å². The summed E-state index contributed by atoms with van der Waals surface area (Å²) < 4.78 is 96.7. The average Bonchev–Trinajstić information content (AvgIpc) is 4.09. The molecule has 23 heteroatoms. The maximum atomic E-state index is 12.7. The Balaban J connectivity index is 1.25. The molecule has 11 aliphatic rings. The molecule has 7 saturated carbocycles. The molecule has 11 rings (SSSR count). The predicted molar refractivity (Wildman–Crippen MR) is 247 cm³/mol. The quantitative estimate of drug-likeness (QED) is 0.200. The lowest BCUT2D eigenvalue weighted by Crippen LogP contribution is -2.88. The van der Waals surface area contributed by atoms with Gasteiger partial charge in [-0.25, -0.2) is 0 Å². The van der Waals surface area contributed by atoms with Crippen molar-refractivity contribution in [2.75, 3.05) is 0 Å². The van der Waals surface area contributed by atoms with Gasteiger partial charge in [-0.1, -0.05) is 95.6 Å². The molecule has 0 aromatic heterocycles. The maximum absolute atomic E-state index is 12.7. The van der Waals surface area contributed by atoms with Gasteiger partial charge in [-0.2, -0.15) is 0 Å². The highest BCUT2D eigenvalue weighted by molar-refractivity contribution is 7.02. The lowest BCUT2D eigenvalue weighted by Gasteiger charge is -2.63. The van der Waals surface area contributed by atoms with Crippen molar-refractivity contribution in [3.05, 3.63) is 12.3 Å². The van der Waals surface area contributed by atoms with Gasteiger partial charge in [0.2, 0.25) is 8.32 Å². The highest BCUT2D eigenvalue weighted by Crippen LogP contribution is 2.64. The molecule has 4 atom stereocenters. The van der Waals surface area contributed by atoms with Crippen LogP contribution in [0, 0.1) is 0 Å². The topological polar surface area (TPSA) is 151 Å². The standard InChI is InChI=1S/C39H74O14Si9/c1-4-54(2,3)42-55(33-19-5-6-20-33)43-56(34-21-7-8-22-34)45-58(36-25-11-12-26-36)46-57(44-55,35-23-9-10-24-35)49-61(39-31-17-18-32-39)51-59(47-58,37-27-13-14-28-37)50-60(48-56,38-29-15-16-30-38)52-62(40,41)53-61/h4,33-41H,1,5-32H2,2-3H3. The fourth-order valence-corrected chi connectivity index (χ4v) is 68.0.